The second-order valence-corrected chi connectivity index (χ2v) is 8.01. The lowest BCUT2D eigenvalue weighted by Crippen LogP contribution is -2.41. The molecule has 8 nitrogen and oxygen atoms in total. The summed E-state index contributed by atoms with van der Waals surface area (Å²) in [6.45, 7) is 3.06. The van der Waals surface area contributed by atoms with Crippen molar-refractivity contribution in [2.24, 2.45) is 0 Å². The van der Waals surface area contributed by atoms with Crippen LogP contribution in [-0.4, -0.2) is 54.1 Å². The van der Waals surface area contributed by atoms with Gasteiger partial charge in [0.1, 0.15) is 18.2 Å². The van der Waals surface area contributed by atoms with Gasteiger partial charge in [-0.15, -0.1) is 0 Å². The van der Waals surface area contributed by atoms with E-state index in [9.17, 15) is 9.59 Å². The Morgan fingerprint density at radius 2 is 1.94 bits per heavy atom. The fourth-order valence-corrected chi connectivity index (χ4v) is 4.33. The van der Waals surface area contributed by atoms with E-state index in [0.29, 0.717) is 31.2 Å². The van der Waals surface area contributed by atoms with Crippen molar-refractivity contribution in [1.29, 1.82) is 0 Å². The van der Waals surface area contributed by atoms with Crippen molar-refractivity contribution >= 4 is 17.6 Å². The molecule has 4 rings (SSSR count). The number of aromatic nitrogens is 2. The van der Waals surface area contributed by atoms with E-state index in [1.807, 2.05) is 36.1 Å². The molecule has 0 N–H and O–H groups in total. The van der Waals surface area contributed by atoms with Crippen LogP contribution in [0.2, 0.25) is 0 Å². The van der Waals surface area contributed by atoms with Crippen LogP contribution in [0.15, 0.2) is 24.3 Å². The zero-order valence-electron chi connectivity index (χ0n) is 18.3. The Morgan fingerprint density at radius 1 is 1.16 bits per heavy atom. The van der Waals surface area contributed by atoms with Crippen LogP contribution in [0.3, 0.4) is 0 Å². The maximum absolute atomic E-state index is 12.8. The molecule has 1 aromatic heterocycles. The lowest BCUT2D eigenvalue weighted by Gasteiger charge is -2.35. The Labute approximate surface area is 182 Å². The van der Waals surface area contributed by atoms with Crippen LogP contribution in [0.4, 0.5) is 5.82 Å². The van der Waals surface area contributed by atoms with E-state index in [0.717, 1.165) is 41.8 Å². The van der Waals surface area contributed by atoms with Crippen molar-refractivity contribution < 1.29 is 19.1 Å². The summed E-state index contributed by atoms with van der Waals surface area (Å²) in [6.07, 6.45) is 3.07. The average Bonchev–Trinajstić information content (AvgIpc) is 3.10. The van der Waals surface area contributed by atoms with Crippen LogP contribution >= 0.6 is 0 Å². The number of benzene rings is 1. The maximum atomic E-state index is 12.8. The van der Waals surface area contributed by atoms with Gasteiger partial charge in [-0.2, -0.15) is 0 Å². The lowest BCUT2D eigenvalue weighted by atomic mass is 10.0. The highest BCUT2D eigenvalue weighted by Crippen LogP contribution is 2.35. The zero-order valence-corrected chi connectivity index (χ0v) is 18.3. The summed E-state index contributed by atoms with van der Waals surface area (Å²) in [5, 5.41) is 0. The van der Waals surface area contributed by atoms with Gasteiger partial charge in [-0.1, -0.05) is 12.1 Å². The molecule has 0 aliphatic carbocycles. The Morgan fingerprint density at radius 3 is 2.65 bits per heavy atom. The van der Waals surface area contributed by atoms with E-state index in [1.165, 1.54) is 7.11 Å². The minimum Gasteiger partial charge on any atom is -0.497 e. The summed E-state index contributed by atoms with van der Waals surface area (Å²) in [4.78, 5) is 38.5. The Kier molecular flexibility index (Phi) is 6.18. The molecule has 0 radical (unpaired) electrons. The molecule has 0 unspecified atom stereocenters. The van der Waals surface area contributed by atoms with E-state index in [2.05, 4.69) is 0 Å². The molecular weight excluding hydrogens is 396 g/mol. The number of piperidine rings is 1. The van der Waals surface area contributed by atoms with Crippen LogP contribution in [-0.2, 0) is 27.3 Å². The number of aryl methyl sites for hydroxylation is 1. The van der Waals surface area contributed by atoms with E-state index in [-0.39, 0.29) is 24.5 Å². The molecule has 8 heteroatoms. The number of likely N-dealkylation sites (tertiary alicyclic amines) is 1. The molecule has 164 valence electrons. The number of ether oxygens (including phenoxy) is 2. The summed E-state index contributed by atoms with van der Waals surface area (Å²) < 4.78 is 10.3. The van der Waals surface area contributed by atoms with Crippen LogP contribution in [0, 0.1) is 6.92 Å². The predicted octanol–water partition coefficient (Wildman–Crippen LogP) is 2.58. The third-order valence-electron chi connectivity index (χ3n) is 5.98. The van der Waals surface area contributed by atoms with Gasteiger partial charge < -0.3 is 14.4 Å². The lowest BCUT2D eigenvalue weighted by molar-refractivity contribution is -0.139. The van der Waals surface area contributed by atoms with Crippen molar-refractivity contribution in [3.05, 3.63) is 46.9 Å². The molecule has 2 aliphatic heterocycles. The first kappa shape index (κ1) is 21.2. The molecule has 0 spiro atoms. The number of carbonyl (C=O) groups is 2. The van der Waals surface area contributed by atoms with E-state index in [1.54, 1.807) is 12.0 Å². The molecule has 0 bridgehead atoms. The zero-order chi connectivity index (χ0) is 22.0. The molecule has 1 aromatic carbocycles. The quantitative estimate of drug-likeness (QED) is 0.709. The van der Waals surface area contributed by atoms with Gasteiger partial charge in [0, 0.05) is 24.9 Å². The van der Waals surface area contributed by atoms with Crippen LogP contribution in [0.5, 0.6) is 5.75 Å². The van der Waals surface area contributed by atoms with Gasteiger partial charge in [0.05, 0.1) is 26.1 Å². The number of rotatable bonds is 6. The second kappa shape index (κ2) is 9.01. The fraction of sp³-hybridized carbons (Fsp3) is 0.478. The van der Waals surface area contributed by atoms with E-state index in [4.69, 9.17) is 19.4 Å². The maximum Gasteiger partial charge on any atom is 0.249 e. The Balaban J connectivity index is 1.65. The van der Waals surface area contributed by atoms with Crippen LogP contribution in [0.25, 0.3) is 0 Å². The first-order valence-corrected chi connectivity index (χ1v) is 10.6. The molecule has 0 saturated carbocycles. The van der Waals surface area contributed by atoms with Gasteiger partial charge >= 0.3 is 0 Å². The summed E-state index contributed by atoms with van der Waals surface area (Å²) in [7, 11) is 3.15. The predicted molar refractivity (Wildman–Crippen MR) is 115 cm³/mol. The molecule has 2 aromatic rings. The average molecular weight is 425 g/mol. The Bertz CT molecular complexity index is 976. The highest BCUT2D eigenvalue weighted by molar-refractivity contribution is 6.00. The van der Waals surface area contributed by atoms with Gasteiger partial charge in [-0.3, -0.25) is 14.5 Å². The molecule has 1 saturated heterocycles. The second-order valence-electron chi connectivity index (χ2n) is 8.01. The van der Waals surface area contributed by atoms with Crippen molar-refractivity contribution in [1.82, 2.24) is 14.9 Å². The summed E-state index contributed by atoms with van der Waals surface area (Å²) in [5.74, 6) is 2.00. The first-order valence-electron chi connectivity index (χ1n) is 10.6. The van der Waals surface area contributed by atoms with Crippen LogP contribution in [0.1, 0.15) is 47.9 Å². The largest absolute Gasteiger partial charge is 0.497 e. The number of fused-ring (bicyclic) bond motifs is 1. The normalized spacial score (nSPS) is 18.3. The van der Waals surface area contributed by atoms with Crippen molar-refractivity contribution in [3.8, 4) is 5.75 Å². The number of hydrogen-bond donors (Lipinski definition) is 0. The summed E-state index contributed by atoms with van der Waals surface area (Å²) in [5.41, 5.74) is 2.66. The molecule has 2 amide bonds. The summed E-state index contributed by atoms with van der Waals surface area (Å²) in [6, 6.07) is 7.47. The standard InChI is InChI=1S/C23H28N4O4/c1-15-18-12-20(28)27(13-16-7-9-17(31-3)10-8-16)23(18)25-22(24-15)19-6-4-5-11-26(19)21(29)14-30-2/h7-10,19H,4-6,11-14H2,1-3H3/t19-/m1/s1. The molecule has 2 aliphatic rings. The van der Waals surface area contributed by atoms with Crippen LogP contribution < -0.4 is 9.64 Å². The third-order valence-corrected chi connectivity index (χ3v) is 5.98. The smallest absolute Gasteiger partial charge is 0.249 e. The third kappa shape index (κ3) is 4.25. The van der Waals surface area contributed by atoms with Gasteiger partial charge in [0.25, 0.3) is 0 Å². The molecule has 3 heterocycles. The first-order chi connectivity index (χ1) is 15.0. The fourth-order valence-electron chi connectivity index (χ4n) is 4.33. The monoisotopic (exact) mass is 424 g/mol. The van der Waals surface area contributed by atoms with Crippen molar-refractivity contribution in [3.63, 3.8) is 0 Å². The number of carbonyl (C=O) groups excluding carboxylic acids is 2. The molecular formula is C23H28N4O4. The topological polar surface area (TPSA) is 84.9 Å². The molecule has 1 atom stereocenters. The highest BCUT2D eigenvalue weighted by atomic mass is 16.5. The van der Waals surface area contributed by atoms with Gasteiger partial charge in [-0.25, -0.2) is 9.97 Å². The SMILES string of the molecule is COCC(=O)N1CCCC[C@@H]1c1nc(C)c2c(n1)N(Cc1ccc(OC)cc1)C(=O)C2. The van der Waals surface area contributed by atoms with Gasteiger partial charge in [0.2, 0.25) is 11.8 Å². The number of amides is 2. The number of methoxy groups -OCH3 is 2. The minimum atomic E-state index is -0.195. The van der Waals surface area contributed by atoms with Crippen molar-refractivity contribution in [2.75, 3.05) is 32.3 Å². The van der Waals surface area contributed by atoms with E-state index >= 15 is 0 Å². The Hall–Kier alpha value is -3.00. The van der Waals surface area contributed by atoms with Gasteiger partial charge in [0.15, 0.2) is 5.82 Å². The van der Waals surface area contributed by atoms with Crippen molar-refractivity contribution in [2.45, 2.75) is 45.2 Å². The number of nitrogens with zero attached hydrogens (tertiary/aromatic N) is 4. The molecule has 31 heavy (non-hydrogen) atoms. The molecule has 1 fully saturated rings. The number of hydrogen-bond acceptors (Lipinski definition) is 6. The minimum absolute atomic E-state index is 0.0105. The van der Waals surface area contributed by atoms with Gasteiger partial charge in [-0.05, 0) is 43.9 Å². The summed E-state index contributed by atoms with van der Waals surface area (Å²) >= 11 is 0. The van der Waals surface area contributed by atoms with E-state index < -0.39 is 0 Å². The number of anilines is 1. The highest BCUT2D eigenvalue weighted by Gasteiger charge is 2.35.